The van der Waals surface area contributed by atoms with Gasteiger partial charge < -0.3 is 0 Å². The number of benzene rings is 1. The maximum atomic E-state index is 2.69. The first kappa shape index (κ1) is 19.6. The van der Waals surface area contributed by atoms with E-state index in [1.807, 2.05) is 0 Å². The summed E-state index contributed by atoms with van der Waals surface area (Å²) >= 11 is 0. The predicted octanol–water partition coefficient (Wildman–Crippen LogP) is 5.24. The summed E-state index contributed by atoms with van der Waals surface area (Å²) in [6.07, 6.45) is 4.94. The smallest absolute Gasteiger partial charge is 0.0200 e. The van der Waals surface area contributed by atoms with Crippen LogP contribution in [-0.2, 0) is 6.42 Å². The zero-order valence-corrected chi connectivity index (χ0v) is 17.6. The van der Waals surface area contributed by atoms with Crippen LogP contribution in [-0.4, -0.2) is 48.6 Å². The van der Waals surface area contributed by atoms with Crippen LogP contribution in [0, 0.1) is 5.41 Å². The van der Waals surface area contributed by atoms with Crippen molar-refractivity contribution in [3.63, 3.8) is 0 Å². The van der Waals surface area contributed by atoms with Gasteiger partial charge in [0.25, 0.3) is 0 Å². The Morgan fingerprint density at radius 2 is 1.65 bits per heavy atom. The third-order valence-electron chi connectivity index (χ3n) is 6.45. The van der Waals surface area contributed by atoms with E-state index in [1.165, 1.54) is 63.1 Å². The Kier molecular flexibility index (Phi) is 6.25. The normalized spacial score (nSPS) is 22.2. The highest BCUT2D eigenvalue weighted by molar-refractivity contribution is 5.70. The molecule has 0 bridgehead atoms. The lowest BCUT2D eigenvalue weighted by atomic mass is 9.72. The quantitative estimate of drug-likeness (QED) is 0.713. The van der Waals surface area contributed by atoms with Gasteiger partial charge in [-0.1, -0.05) is 50.6 Å². The molecule has 1 saturated heterocycles. The molecule has 2 aliphatic rings. The van der Waals surface area contributed by atoms with Crippen molar-refractivity contribution in [2.24, 2.45) is 5.41 Å². The number of rotatable bonds is 5. The van der Waals surface area contributed by atoms with Crippen molar-refractivity contribution < 1.29 is 0 Å². The van der Waals surface area contributed by atoms with Gasteiger partial charge in [-0.05, 0) is 61.6 Å². The molecule has 0 atom stereocenters. The zero-order valence-electron chi connectivity index (χ0n) is 17.6. The van der Waals surface area contributed by atoms with E-state index in [-0.39, 0.29) is 0 Å². The summed E-state index contributed by atoms with van der Waals surface area (Å²) in [4.78, 5) is 5.30. The van der Waals surface area contributed by atoms with Gasteiger partial charge in [-0.3, -0.25) is 9.80 Å². The predicted molar refractivity (Wildman–Crippen MR) is 114 cm³/mol. The lowest BCUT2D eigenvalue weighted by Gasteiger charge is -2.39. The highest BCUT2D eigenvalue weighted by Crippen LogP contribution is 2.43. The van der Waals surface area contributed by atoms with E-state index < -0.39 is 0 Å². The third-order valence-corrected chi connectivity index (χ3v) is 6.45. The van der Waals surface area contributed by atoms with Crippen LogP contribution in [0.5, 0.6) is 0 Å². The molecule has 1 aliphatic carbocycles. The molecule has 1 aromatic carbocycles. The van der Waals surface area contributed by atoms with Crippen molar-refractivity contribution in [2.45, 2.75) is 66.3 Å². The van der Waals surface area contributed by atoms with Crippen LogP contribution in [0.2, 0.25) is 0 Å². The van der Waals surface area contributed by atoms with Crippen molar-refractivity contribution in [1.82, 2.24) is 9.80 Å². The van der Waals surface area contributed by atoms with Crippen LogP contribution in [0.3, 0.4) is 0 Å². The van der Waals surface area contributed by atoms with Gasteiger partial charge in [0.2, 0.25) is 0 Å². The van der Waals surface area contributed by atoms with Gasteiger partial charge in [-0.15, -0.1) is 0 Å². The molecule has 0 N–H and O–H groups in total. The molecular formula is C24H38N2. The lowest BCUT2D eigenvalue weighted by molar-refractivity contribution is 0.114. The molecule has 0 radical (unpaired) electrons. The molecule has 1 fully saturated rings. The standard InChI is InChI=1S/C24H38N2/c1-6-20-7-9-21(10-8-20)23-17-24(4,5)12-11-22(23)18-25-13-15-26(16-14-25)19(2)3/h7-10,19H,6,11-18H2,1-5H3. The minimum Gasteiger partial charge on any atom is -0.298 e. The van der Waals surface area contributed by atoms with Crippen LogP contribution >= 0.6 is 0 Å². The molecular weight excluding hydrogens is 316 g/mol. The molecule has 1 aromatic rings. The van der Waals surface area contributed by atoms with Crippen LogP contribution < -0.4 is 0 Å². The first-order valence-electron chi connectivity index (χ1n) is 10.6. The Hall–Kier alpha value is -1.12. The highest BCUT2D eigenvalue weighted by Gasteiger charge is 2.29. The first-order valence-corrected chi connectivity index (χ1v) is 10.6. The number of piperazine rings is 1. The van der Waals surface area contributed by atoms with Crippen LogP contribution in [0.4, 0.5) is 0 Å². The van der Waals surface area contributed by atoms with Crippen molar-refractivity contribution in [3.05, 3.63) is 41.0 Å². The molecule has 0 amide bonds. The molecule has 144 valence electrons. The van der Waals surface area contributed by atoms with Crippen LogP contribution in [0.25, 0.3) is 5.57 Å². The summed E-state index contributed by atoms with van der Waals surface area (Å²) in [6.45, 7) is 17.8. The second-order valence-electron chi connectivity index (χ2n) is 9.38. The molecule has 2 heteroatoms. The fraction of sp³-hybridized carbons (Fsp3) is 0.667. The number of hydrogen-bond acceptors (Lipinski definition) is 2. The van der Waals surface area contributed by atoms with Gasteiger partial charge in [-0.2, -0.15) is 0 Å². The molecule has 0 spiro atoms. The Balaban J connectivity index is 1.77. The van der Waals surface area contributed by atoms with E-state index in [2.05, 4.69) is 68.7 Å². The average molecular weight is 355 g/mol. The molecule has 1 aliphatic heterocycles. The average Bonchev–Trinajstić information content (AvgIpc) is 2.63. The van der Waals surface area contributed by atoms with Gasteiger partial charge in [-0.25, -0.2) is 0 Å². The summed E-state index contributed by atoms with van der Waals surface area (Å²) in [5, 5.41) is 0. The Morgan fingerprint density at radius 1 is 1.00 bits per heavy atom. The summed E-state index contributed by atoms with van der Waals surface area (Å²) in [7, 11) is 0. The van der Waals surface area contributed by atoms with E-state index >= 15 is 0 Å². The van der Waals surface area contributed by atoms with Gasteiger partial charge >= 0.3 is 0 Å². The second-order valence-corrected chi connectivity index (χ2v) is 9.38. The number of aryl methyl sites for hydroxylation is 1. The fourth-order valence-electron chi connectivity index (χ4n) is 4.46. The van der Waals surface area contributed by atoms with Gasteiger partial charge in [0.05, 0.1) is 0 Å². The third kappa shape index (κ3) is 4.78. The zero-order chi connectivity index (χ0) is 18.7. The Morgan fingerprint density at radius 3 is 2.23 bits per heavy atom. The molecule has 1 heterocycles. The minimum absolute atomic E-state index is 0.429. The second kappa shape index (κ2) is 8.27. The highest BCUT2D eigenvalue weighted by atomic mass is 15.3. The van der Waals surface area contributed by atoms with E-state index in [1.54, 1.807) is 11.1 Å². The molecule has 0 unspecified atom stereocenters. The van der Waals surface area contributed by atoms with E-state index in [4.69, 9.17) is 0 Å². The maximum absolute atomic E-state index is 2.69. The molecule has 0 saturated carbocycles. The van der Waals surface area contributed by atoms with Crippen molar-refractivity contribution in [1.29, 1.82) is 0 Å². The largest absolute Gasteiger partial charge is 0.298 e. The molecule has 2 nitrogen and oxygen atoms in total. The SMILES string of the molecule is CCc1ccc(C2=C(CN3CCN(C(C)C)CC3)CCC(C)(C)C2)cc1. The lowest BCUT2D eigenvalue weighted by Crippen LogP contribution is -2.49. The maximum Gasteiger partial charge on any atom is 0.0200 e. The van der Waals surface area contributed by atoms with E-state index in [9.17, 15) is 0 Å². The monoisotopic (exact) mass is 354 g/mol. The molecule has 3 rings (SSSR count). The van der Waals surface area contributed by atoms with Gasteiger partial charge in [0, 0.05) is 38.8 Å². The summed E-state index contributed by atoms with van der Waals surface area (Å²) < 4.78 is 0. The van der Waals surface area contributed by atoms with Crippen molar-refractivity contribution in [2.75, 3.05) is 32.7 Å². The Bertz CT molecular complexity index is 616. The van der Waals surface area contributed by atoms with E-state index in [0.29, 0.717) is 11.5 Å². The minimum atomic E-state index is 0.429. The summed E-state index contributed by atoms with van der Waals surface area (Å²) in [5.41, 5.74) is 6.67. The van der Waals surface area contributed by atoms with Crippen molar-refractivity contribution >= 4 is 5.57 Å². The van der Waals surface area contributed by atoms with Crippen molar-refractivity contribution in [3.8, 4) is 0 Å². The molecule has 26 heavy (non-hydrogen) atoms. The fourth-order valence-corrected chi connectivity index (χ4v) is 4.46. The number of nitrogens with zero attached hydrogens (tertiary/aromatic N) is 2. The topological polar surface area (TPSA) is 6.48 Å². The van der Waals surface area contributed by atoms with Crippen LogP contribution in [0.1, 0.15) is 65.0 Å². The Labute approximate surface area is 161 Å². The number of hydrogen-bond donors (Lipinski definition) is 0. The van der Waals surface area contributed by atoms with E-state index in [0.717, 1.165) is 6.42 Å². The number of allylic oxidation sites excluding steroid dienone is 1. The van der Waals surface area contributed by atoms with Gasteiger partial charge in [0.1, 0.15) is 0 Å². The summed E-state index contributed by atoms with van der Waals surface area (Å²) in [5.74, 6) is 0. The van der Waals surface area contributed by atoms with Gasteiger partial charge in [0.15, 0.2) is 0 Å². The molecule has 0 aromatic heterocycles. The van der Waals surface area contributed by atoms with Crippen LogP contribution in [0.15, 0.2) is 29.8 Å². The first-order chi connectivity index (χ1) is 12.4. The summed E-state index contributed by atoms with van der Waals surface area (Å²) in [6, 6.07) is 10.1.